The summed E-state index contributed by atoms with van der Waals surface area (Å²) in [6.45, 7) is 2.89. The Hall–Kier alpha value is -1.95. The van der Waals surface area contributed by atoms with Crippen LogP contribution in [0.15, 0.2) is 18.2 Å². The van der Waals surface area contributed by atoms with Gasteiger partial charge in [0.05, 0.1) is 5.69 Å². The number of aromatic carboxylic acids is 1. The molecule has 0 aliphatic heterocycles. The van der Waals surface area contributed by atoms with Crippen molar-refractivity contribution in [2.75, 3.05) is 18.5 Å². The fourth-order valence-electron chi connectivity index (χ4n) is 1.54. The molecule has 1 rings (SSSR count). The lowest BCUT2D eigenvalue weighted by Crippen LogP contribution is -2.16. The smallest absolute Gasteiger partial charge is 0.340 e. The third kappa shape index (κ3) is 4.67. The third-order valence-corrected chi connectivity index (χ3v) is 2.40. The Bertz CT molecular complexity index is 462. The predicted octanol–water partition coefficient (Wildman–Crippen LogP) is 2.28. The quantitative estimate of drug-likeness (QED) is 0.744. The van der Waals surface area contributed by atoms with Gasteiger partial charge in [-0.2, -0.15) is 0 Å². The van der Waals surface area contributed by atoms with Crippen molar-refractivity contribution in [3.8, 4) is 0 Å². The molecule has 2 N–H and O–H groups in total. The normalized spacial score (nSPS) is 10.2. The average Bonchev–Trinajstić information content (AvgIpc) is 2.34. The minimum atomic E-state index is -1.41. The molecule has 0 aliphatic rings. The first-order valence-electron chi connectivity index (χ1n) is 5.95. The second kappa shape index (κ2) is 7.48. The van der Waals surface area contributed by atoms with E-state index >= 15 is 0 Å². The molecule has 1 aromatic rings. The summed E-state index contributed by atoms with van der Waals surface area (Å²) in [4.78, 5) is 22.5. The van der Waals surface area contributed by atoms with Crippen molar-refractivity contribution in [1.82, 2.24) is 0 Å². The molecule has 0 saturated heterocycles. The van der Waals surface area contributed by atoms with Gasteiger partial charge in [0.25, 0.3) is 0 Å². The van der Waals surface area contributed by atoms with Crippen molar-refractivity contribution in [3.63, 3.8) is 0 Å². The van der Waals surface area contributed by atoms with Crippen LogP contribution in [0.25, 0.3) is 0 Å². The molecule has 0 aromatic heterocycles. The number of carboxylic acids is 1. The second-order valence-corrected chi connectivity index (χ2v) is 3.82. The predicted molar refractivity (Wildman–Crippen MR) is 67.7 cm³/mol. The molecule has 1 amide bonds. The monoisotopic (exact) mass is 269 g/mol. The van der Waals surface area contributed by atoms with Crippen molar-refractivity contribution in [3.05, 3.63) is 29.6 Å². The third-order valence-electron chi connectivity index (χ3n) is 2.40. The molecule has 0 saturated carbocycles. The molecule has 0 heterocycles. The number of carbonyl (C=O) groups excluding carboxylic acids is 1. The Labute approximate surface area is 110 Å². The van der Waals surface area contributed by atoms with E-state index in [-0.39, 0.29) is 18.0 Å². The van der Waals surface area contributed by atoms with E-state index in [1.165, 1.54) is 12.1 Å². The fraction of sp³-hybridized carbons (Fsp3) is 0.385. The van der Waals surface area contributed by atoms with Crippen molar-refractivity contribution in [2.45, 2.75) is 19.8 Å². The zero-order valence-electron chi connectivity index (χ0n) is 10.6. The Morgan fingerprint density at radius 1 is 1.42 bits per heavy atom. The van der Waals surface area contributed by atoms with E-state index in [9.17, 15) is 14.0 Å². The molecule has 0 atom stereocenters. The molecule has 19 heavy (non-hydrogen) atoms. The van der Waals surface area contributed by atoms with Gasteiger partial charge in [-0.15, -0.1) is 0 Å². The summed E-state index contributed by atoms with van der Waals surface area (Å²) in [6, 6.07) is 3.73. The molecule has 1 aromatic carbocycles. The average molecular weight is 269 g/mol. The number of ether oxygens (including phenoxy) is 1. The van der Waals surface area contributed by atoms with Crippen LogP contribution in [0.5, 0.6) is 0 Å². The summed E-state index contributed by atoms with van der Waals surface area (Å²) in [6.07, 6.45) is 0.715. The summed E-state index contributed by atoms with van der Waals surface area (Å²) in [5.74, 6) is -2.66. The lowest BCUT2D eigenvalue weighted by molar-refractivity contribution is -0.116. The van der Waals surface area contributed by atoms with Crippen LogP contribution >= 0.6 is 0 Å². The van der Waals surface area contributed by atoms with Gasteiger partial charge in [0.2, 0.25) is 5.91 Å². The molecule has 6 heteroatoms. The molecule has 5 nitrogen and oxygen atoms in total. The highest BCUT2D eigenvalue weighted by molar-refractivity contribution is 6.00. The van der Waals surface area contributed by atoms with Crippen molar-refractivity contribution in [2.24, 2.45) is 0 Å². The van der Waals surface area contributed by atoms with Crippen LogP contribution < -0.4 is 5.32 Å². The maximum Gasteiger partial charge on any atom is 0.340 e. The number of anilines is 1. The van der Waals surface area contributed by atoms with Gasteiger partial charge in [0.15, 0.2) is 0 Å². The molecule has 0 bridgehead atoms. The van der Waals surface area contributed by atoms with Gasteiger partial charge in [0.1, 0.15) is 11.4 Å². The number of amides is 1. The van der Waals surface area contributed by atoms with Crippen molar-refractivity contribution in [1.29, 1.82) is 0 Å². The maximum absolute atomic E-state index is 13.4. The van der Waals surface area contributed by atoms with Crippen LogP contribution in [0.1, 0.15) is 30.1 Å². The van der Waals surface area contributed by atoms with Gasteiger partial charge in [-0.25, -0.2) is 9.18 Å². The second-order valence-electron chi connectivity index (χ2n) is 3.82. The number of rotatable bonds is 7. The van der Waals surface area contributed by atoms with Crippen LogP contribution in [0.3, 0.4) is 0 Å². The highest BCUT2D eigenvalue weighted by Gasteiger charge is 2.16. The Morgan fingerprint density at radius 2 is 2.16 bits per heavy atom. The Balaban J connectivity index is 2.64. The number of halogens is 1. The van der Waals surface area contributed by atoms with E-state index in [0.717, 1.165) is 6.07 Å². The summed E-state index contributed by atoms with van der Waals surface area (Å²) >= 11 is 0. The minimum absolute atomic E-state index is 0.0334. The largest absolute Gasteiger partial charge is 0.478 e. The summed E-state index contributed by atoms with van der Waals surface area (Å²) < 4.78 is 18.4. The van der Waals surface area contributed by atoms with Crippen LogP contribution in [0.4, 0.5) is 10.1 Å². The standard InChI is InChI=1S/C13H16FNO4/c1-2-19-8-4-7-11(16)15-10-6-3-5-9(14)12(10)13(17)18/h3,5-6H,2,4,7-8H2,1H3,(H,15,16)(H,17,18). The Morgan fingerprint density at radius 3 is 2.79 bits per heavy atom. The van der Waals surface area contributed by atoms with Gasteiger partial charge < -0.3 is 15.2 Å². The molecule has 0 unspecified atom stereocenters. The van der Waals surface area contributed by atoms with Crippen LogP contribution in [0, 0.1) is 5.82 Å². The van der Waals surface area contributed by atoms with Gasteiger partial charge >= 0.3 is 5.97 Å². The highest BCUT2D eigenvalue weighted by Crippen LogP contribution is 2.19. The van der Waals surface area contributed by atoms with Gasteiger partial charge in [-0.3, -0.25) is 4.79 Å². The number of nitrogens with one attached hydrogen (secondary N) is 1. The maximum atomic E-state index is 13.4. The molecular formula is C13H16FNO4. The Kier molecular flexibility index (Phi) is 5.95. The fourth-order valence-corrected chi connectivity index (χ4v) is 1.54. The highest BCUT2D eigenvalue weighted by atomic mass is 19.1. The number of carboxylic acid groups (broad SMARTS) is 1. The van der Waals surface area contributed by atoms with Crippen molar-refractivity contribution < 1.29 is 23.8 Å². The van der Waals surface area contributed by atoms with Crippen LogP contribution in [-0.4, -0.2) is 30.2 Å². The molecule has 0 aliphatic carbocycles. The lowest BCUT2D eigenvalue weighted by Gasteiger charge is -2.09. The van der Waals surface area contributed by atoms with E-state index in [2.05, 4.69) is 5.32 Å². The molecular weight excluding hydrogens is 253 g/mol. The zero-order chi connectivity index (χ0) is 14.3. The lowest BCUT2D eigenvalue weighted by atomic mass is 10.1. The minimum Gasteiger partial charge on any atom is -0.478 e. The van der Waals surface area contributed by atoms with E-state index in [1.807, 2.05) is 6.92 Å². The first-order chi connectivity index (χ1) is 9.06. The SMILES string of the molecule is CCOCCCC(=O)Nc1cccc(F)c1C(=O)O. The van der Waals surface area contributed by atoms with E-state index in [4.69, 9.17) is 9.84 Å². The zero-order valence-corrected chi connectivity index (χ0v) is 10.6. The number of hydrogen-bond donors (Lipinski definition) is 2. The summed E-state index contributed by atoms with van der Waals surface area (Å²) in [5.41, 5.74) is -0.561. The van der Waals surface area contributed by atoms with E-state index in [0.29, 0.717) is 19.6 Å². The number of carbonyl (C=O) groups is 2. The van der Waals surface area contributed by atoms with Crippen molar-refractivity contribution >= 4 is 17.6 Å². The molecule has 104 valence electrons. The first kappa shape index (κ1) is 15.1. The first-order valence-corrected chi connectivity index (χ1v) is 5.95. The topological polar surface area (TPSA) is 75.6 Å². The van der Waals surface area contributed by atoms with Gasteiger partial charge in [-0.05, 0) is 25.5 Å². The van der Waals surface area contributed by atoms with Crippen LogP contribution in [0.2, 0.25) is 0 Å². The summed E-state index contributed by atoms with van der Waals surface area (Å²) in [7, 11) is 0. The molecule has 0 fully saturated rings. The number of hydrogen-bond acceptors (Lipinski definition) is 3. The van der Waals surface area contributed by atoms with E-state index < -0.39 is 17.3 Å². The van der Waals surface area contributed by atoms with Gasteiger partial charge in [0, 0.05) is 19.6 Å². The summed E-state index contributed by atoms with van der Waals surface area (Å²) in [5, 5.41) is 11.3. The van der Waals surface area contributed by atoms with Crippen LogP contribution in [-0.2, 0) is 9.53 Å². The van der Waals surface area contributed by atoms with Gasteiger partial charge in [-0.1, -0.05) is 6.07 Å². The molecule has 0 radical (unpaired) electrons. The number of benzene rings is 1. The van der Waals surface area contributed by atoms with E-state index in [1.54, 1.807) is 0 Å². The molecule has 0 spiro atoms.